The topological polar surface area (TPSA) is 52.6 Å². The Morgan fingerprint density at radius 1 is 0.625 bits per heavy atom. The third-order valence-corrected chi connectivity index (χ3v) is 4.07. The minimum absolute atomic E-state index is 1.29. The lowest BCUT2D eigenvalue weighted by Gasteiger charge is -2.21. The van der Waals surface area contributed by atoms with Gasteiger partial charge in [-0.2, -0.15) is 0 Å². The molecule has 0 amide bonds. The molecule has 0 aliphatic rings. The molecule has 0 radical (unpaired) electrons. The normalized spacial score (nSPS) is 12.1. The van der Waals surface area contributed by atoms with Gasteiger partial charge in [-0.15, -0.1) is 0 Å². The highest BCUT2D eigenvalue weighted by atomic mass is 28.4. The zero-order chi connectivity index (χ0) is 19.0. The van der Waals surface area contributed by atoms with Gasteiger partial charge in [0.25, 0.3) is 0 Å². The van der Waals surface area contributed by atoms with Crippen LogP contribution in [0.3, 0.4) is 0 Å². The van der Waals surface area contributed by atoms with Gasteiger partial charge < -0.3 is 8.85 Å². The number of halogens is 4. The first-order valence-electron chi connectivity index (χ1n) is 6.98. The maximum absolute atomic E-state index is 14.1. The first-order valence-corrected chi connectivity index (χ1v) is 13.8. The molecule has 1 rings (SSSR count). The second kappa shape index (κ2) is 6.67. The van der Waals surface area contributed by atoms with Crippen LogP contribution in [0.5, 0.6) is 0 Å². The average Bonchev–Trinajstić information content (AvgIpc) is 2.35. The standard InChI is InChI=1S/C14H18F4O4Si2/c1-23(2,3)21-13(19)7-8(14(20)22-24(4,5)6)10(16)12(18)11(17)9(7)15/h1-6H3. The van der Waals surface area contributed by atoms with Crippen molar-refractivity contribution in [2.24, 2.45) is 0 Å². The first-order chi connectivity index (χ1) is 10.7. The van der Waals surface area contributed by atoms with Crippen molar-refractivity contribution in [1.82, 2.24) is 0 Å². The van der Waals surface area contributed by atoms with Crippen LogP contribution in [0.1, 0.15) is 20.7 Å². The van der Waals surface area contributed by atoms with E-state index < -0.39 is 63.0 Å². The van der Waals surface area contributed by atoms with Gasteiger partial charge in [-0.3, -0.25) is 0 Å². The number of carbonyl (C=O) groups excluding carboxylic acids is 2. The van der Waals surface area contributed by atoms with Gasteiger partial charge in [0.05, 0.1) is 0 Å². The summed E-state index contributed by atoms with van der Waals surface area (Å²) in [7, 11) is -5.15. The van der Waals surface area contributed by atoms with Gasteiger partial charge in [0.15, 0.2) is 23.3 Å². The van der Waals surface area contributed by atoms with E-state index in [4.69, 9.17) is 8.85 Å². The molecule has 0 atom stereocenters. The van der Waals surface area contributed by atoms with Crippen LogP contribution in [0.15, 0.2) is 0 Å². The van der Waals surface area contributed by atoms with Crippen LogP contribution in [0, 0.1) is 23.3 Å². The molecular formula is C14H18F4O4Si2. The Hall–Kier alpha value is -1.69. The highest BCUT2D eigenvalue weighted by molar-refractivity contribution is 6.72. The summed E-state index contributed by atoms with van der Waals surface area (Å²) < 4.78 is 65.1. The molecule has 0 bridgehead atoms. The molecule has 1 aromatic rings. The van der Waals surface area contributed by atoms with Gasteiger partial charge in [0.1, 0.15) is 11.1 Å². The number of carbonyl (C=O) groups is 2. The number of benzene rings is 1. The smallest absolute Gasteiger partial charge is 0.328 e. The molecule has 10 heteroatoms. The summed E-state index contributed by atoms with van der Waals surface area (Å²) in [5.74, 6) is -11.2. The quantitative estimate of drug-likeness (QED) is 0.339. The molecule has 0 heterocycles. The molecule has 1 aromatic carbocycles. The maximum Gasteiger partial charge on any atom is 0.328 e. The predicted molar refractivity (Wildman–Crippen MR) is 83.8 cm³/mol. The van der Waals surface area contributed by atoms with Crippen LogP contribution in [0.2, 0.25) is 39.3 Å². The minimum Gasteiger partial charge on any atom is -0.516 e. The maximum atomic E-state index is 14.1. The largest absolute Gasteiger partial charge is 0.516 e. The first kappa shape index (κ1) is 20.4. The summed E-state index contributed by atoms with van der Waals surface area (Å²) >= 11 is 0. The zero-order valence-corrected chi connectivity index (χ0v) is 16.1. The fraction of sp³-hybridized carbons (Fsp3) is 0.429. The van der Waals surface area contributed by atoms with Crippen LogP contribution in [-0.2, 0) is 8.85 Å². The van der Waals surface area contributed by atoms with Crippen molar-refractivity contribution in [3.05, 3.63) is 34.4 Å². The second-order valence-electron chi connectivity index (χ2n) is 7.01. The van der Waals surface area contributed by atoms with E-state index in [1.807, 2.05) is 0 Å². The Labute approximate surface area is 139 Å². The molecule has 0 spiro atoms. The van der Waals surface area contributed by atoms with Crippen LogP contribution in [0.25, 0.3) is 0 Å². The van der Waals surface area contributed by atoms with Crippen molar-refractivity contribution in [3.63, 3.8) is 0 Å². The summed E-state index contributed by atoms with van der Waals surface area (Å²) in [5, 5.41) is 0. The van der Waals surface area contributed by atoms with E-state index in [1.54, 1.807) is 39.3 Å². The predicted octanol–water partition coefficient (Wildman–Crippen LogP) is 4.23. The summed E-state index contributed by atoms with van der Waals surface area (Å²) in [6.07, 6.45) is 0. The second-order valence-corrected chi connectivity index (χ2v) is 15.9. The Morgan fingerprint density at radius 2 is 0.875 bits per heavy atom. The third-order valence-electron chi connectivity index (χ3n) is 2.47. The van der Waals surface area contributed by atoms with Gasteiger partial charge in [0, 0.05) is 0 Å². The van der Waals surface area contributed by atoms with Crippen LogP contribution in [0.4, 0.5) is 17.6 Å². The molecule has 134 valence electrons. The Morgan fingerprint density at radius 3 is 1.08 bits per heavy atom. The lowest BCUT2D eigenvalue weighted by molar-refractivity contribution is 0.0668. The molecule has 0 saturated carbocycles. The summed E-state index contributed by atoms with van der Waals surface area (Å²) in [5.41, 5.74) is -2.59. The summed E-state index contributed by atoms with van der Waals surface area (Å²) in [6.45, 7) is 9.41. The van der Waals surface area contributed by atoms with Gasteiger partial charge >= 0.3 is 11.9 Å². The van der Waals surface area contributed by atoms with Crippen molar-refractivity contribution < 1.29 is 36.0 Å². The molecule has 24 heavy (non-hydrogen) atoms. The molecule has 0 unspecified atom stereocenters. The molecular weight excluding hydrogens is 364 g/mol. The van der Waals surface area contributed by atoms with Gasteiger partial charge in [-0.1, -0.05) is 0 Å². The van der Waals surface area contributed by atoms with E-state index in [9.17, 15) is 27.2 Å². The molecule has 0 aromatic heterocycles. The fourth-order valence-electron chi connectivity index (χ4n) is 1.67. The van der Waals surface area contributed by atoms with Gasteiger partial charge in [-0.05, 0) is 39.3 Å². The molecule has 0 aliphatic carbocycles. The average molecular weight is 382 g/mol. The Balaban J connectivity index is 3.61. The Kier molecular flexibility index (Phi) is 5.66. The van der Waals surface area contributed by atoms with Gasteiger partial charge in [0.2, 0.25) is 16.6 Å². The van der Waals surface area contributed by atoms with Gasteiger partial charge in [-0.25, -0.2) is 27.2 Å². The van der Waals surface area contributed by atoms with E-state index in [-0.39, 0.29) is 0 Å². The molecule has 0 fully saturated rings. The van der Waals surface area contributed by atoms with Crippen molar-refractivity contribution in [1.29, 1.82) is 0 Å². The summed E-state index contributed by atoms with van der Waals surface area (Å²) in [4.78, 5) is 24.2. The molecule has 0 saturated heterocycles. The Bertz CT molecular complexity index is 635. The monoisotopic (exact) mass is 382 g/mol. The van der Waals surface area contributed by atoms with E-state index in [0.717, 1.165) is 0 Å². The number of hydrogen-bond donors (Lipinski definition) is 0. The van der Waals surface area contributed by atoms with E-state index in [0.29, 0.717) is 0 Å². The van der Waals surface area contributed by atoms with E-state index in [1.165, 1.54) is 0 Å². The van der Waals surface area contributed by atoms with E-state index in [2.05, 4.69) is 0 Å². The lowest BCUT2D eigenvalue weighted by Crippen LogP contribution is -2.34. The highest BCUT2D eigenvalue weighted by Gasteiger charge is 2.37. The highest BCUT2D eigenvalue weighted by Crippen LogP contribution is 2.27. The van der Waals surface area contributed by atoms with Crippen molar-refractivity contribution in [2.45, 2.75) is 39.3 Å². The van der Waals surface area contributed by atoms with Crippen molar-refractivity contribution in [2.75, 3.05) is 0 Å². The fourth-order valence-corrected chi connectivity index (χ4v) is 2.99. The molecule has 4 nitrogen and oxygen atoms in total. The van der Waals surface area contributed by atoms with Crippen molar-refractivity contribution in [3.8, 4) is 0 Å². The van der Waals surface area contributed by atoms with Crippen LogP contribution in [-0.4, -0.2) is 28.6 Å². The van der Waals surface area contributed by atoms with Crippen LogP contribution < -0.4 is 0 Å². The van der Waals surface area contributed by atoms with E-state index >= 15 is 0 Å². The SMILES string of the molecule is C[Si](C)(C)OC(=O)c1c(F)c(F)c(F)c(F)c1C(=O)O[Si](C)(C)C. The zero-order valence-electron chi connectivity index (χ0n) is 14.1. The third kappa shape index (κ3) is 4.66. The molecule has 0 N–H and O–H groups in total. The van der Waals surface area contributed by atoms with Crippen molar-refractivity contribution >= 4 is 28.6 Å². The summed E-state index contributed by atoms with van der Waals surface area (Å²) in [6, 6.07) is 0. The molecule has 0 aliphatic heterocycles. The minimum atomic E-state index is -2.58. The lowest BCUT2D eigenvalue weighted by atomic mass is 10.1. The van der Waals surface area contributed by atoms with Crippen LogP contribution >= 0.6 is 0 Å². The number of hydrogen-bond acceptors (Lipinski definition) is 4. The number of rotatable bonds is 4.